The fourth-order valence-corrected chi connectivity index (χ4v) is 4.32. The van der Waals surface area contributed by atoms with Gasteiger partial charge in [0.2, 0.25) is 5.88 Å². The molecule has 0 spiro atoms. The van der Waals surface area contributed by atoms with E-state index in [4.69, 9.17) is 4.74 Å². The minimum atomic E-state index is 0. The normalized spacial score (nSPS) is 11.2. The minimum Gasteiger partial charge on any atom is -0.512 e. The molecule has 0 saturated carbocycles. The van der Waals surface area contributed by atoms with Gasteiger partial charge in [0.15, 0.2) is 5.78 Å². The van der Waals surface area contributed by atoms with Crippen molar-refractivity contribution in [2.24, 2.45) is 11.8 Å². The van der Waals surface area contributed by atoms with Crippen LogP contribution in [0.15, 0.2) is 84.8 Å². The van der Waals surface area contributed by atoms with Gasteiger partial charge in [-0.2, -0.15) is 18.2 Å². The number of fused-ring (bicyclic) bond motifs is 3. The maximum Gasteiger partial charge on any atom is 0.224 e. The molecule has 4 rings (SSSR count). The quantitative estimate of drug-likeness (QED) is 0.0835. The molecule has 0 unspecified atom stereocenters. The second-order valence-corrected chi connectivity index (χ2v) is 8.83. The monoisotopic (exact) mass is 675 g/mol. The summed E-state index contributed by atoms with van der Waals surface area (Å²) in [5.41, 5.74) is 0. The molecular weight excluding hydrogens is 639 g/mol. The number of rotatable bonds is 9. The Kier molecular flexibility index (Phi) is 12.5. The molecule has 0 aliphatic rings. The number of aromatic nitrogens is 1. The first-order valence-electron chi connectivity index (χ1n) is 12.9. The summed E-state index contributed by atoms with van der Waals surface area (Å²) in [7, 11) is 0. The summed E-state index contributed by atoms with van der Waals surface area (Å²) in [5, 5.41) is 14.3. The van der Waals surface area contributed by atoms with Gasteiger partial charge in [-0.3, -0.25) is 4.79 Å². The molecule has 197 valence electrons. The summed E-state index contributed by atoms with van der Waals surface area (Å²) >= 11 is 0. The molecule has 0 saturated heterocycles. The third-order valence-electron chi connectivity index (χ3n) is 6.60. The van der Waals surface area contributed by atoms with Gasteiger partial charge in [-0.25, -0.2) is 4.98 Å². The number of aliphatic hydroxyl groups excluding tert-OH is 1. The van der Waals surface area contributed by atoms with Gasteiger partial charge < -0.3 is 9.84 Å². The van der Waals surface area contributed by atoms with Crippen LogP contribution in [-0.4, -0.2) is 15.9 Å². The molecule has 0 fully saturated rings. The fraction of sp³-hybridized carbons (Fsp3) is 0.312. The molecule has 3 aromatic carbocycles. The van der Waals surface area contributed by atoms with Crippen LogP contribution in [0.5, 0.6) is 11.6 Å². The summed E-state index contributed by atoms with van der Waals surface area (Å²) in [6.45, 7) is 8.07. The molecule has 4 nitrogen and oxygen atoms in total. The average molecular weight is 675 g/mol. The Morgan fingerprint density at radius 2 is 1.54 bits per heavy atom. The van der Waals surface area contributed by atoms with E-state index in [0.717, 1.165) is 36.5 Å². The number of aliphatic hydroxyl groups is 1. The predicted molar refractivity (Wildman–Crippen MR) is 148 cm³/mol. The Balaban J connectivity index is 0.000000271. The predicted octanol–water partition coefficient (Wildman–Crippen LogP) is 8.85. The topological polar surface area (TPSA) is 59.4 Å². The van der Waals surface area contributed by atoms with Crippen molar-refractivity contribution in [2.75, 3.05) is 0 Å². The molecule has 0 bridgehead atoms. The number of benzene rings is 3. The summed E-state index contributed by atoms with van der Waals surface area (Å²) in [5.74, 6) is 1.83. The standard InChI is InChI=1S/C19H12NO.C13H24O2.Ir/c1-2-7-15(8-3-1)21-19-18-11-10-14-6-4-5-9-16(14)17(18)12-13-20-19;1-5-10(6-2)12(14)9-13(15)11(7-3)8-4;/h1-7,9-13H;9-11,14H,5-8H2,1-4H3;/q-1;;. The van der Waals surface area contributed by atoms with E-state index in [1.165, 1.54) is 16.8 Å². The fourth-order valence-electron chi connectivity index (χ4n) is 4.32. The summed E-state index contributed by atoms with van der Waals surface area (Å²) in [4.78, 5) is 16.1. The van der Waals surface area contributed by atoms with Gasteiger partial charge in [-0.15, -0.1) is 12.1 Å². The van der Waals surface area contributed by atoms with Crippen LogP contribution in [0.3, 0.4) is 0 Å². The maximum absolute atomic E-state index is 11.7. The number of ether oxygens (including phenoxy) is 1. The molecule has 0 aliphatic heterocycles. The van der Waals surface area contributed by atoms with Crippen molar-refractivity contribution in [3.8, 4) is 11.6 Å². The Morgan fingerprint density at radius 3 is 2.19 bits per heavy atom. The molecule has 1 radical (unpaired) electrons. The molecule has 1 aromatic heterocycles. The number of ketones is 1. The molecule has 0 aliphatic carbocycles. The number of nitrogens with zero attached hydrogens (tertiary/aromatic N) is 1. The first-order valence-corrected chi connectivity index (χ1v) is 12.9. The van der Waals surface area contributed by atoms with Crippen molar-refractivity contribution in [1.29, 1.82) is 0 Å². The molecule has 0 atom stereocenters. The number of carbonyl (C=O) groups excluding carboxylic acids is 1. The summed E-state index contributed by atoms with van der Waals surface area (Å²) in [6, 6.07) is 25.1. The zero-order chi connectivity index (χ0) is 25.9. The second-order valence-electron chi connectivity index (χ2n) is 8.83. The van der Waals surface area contributed by atoms with E-state index in [0.29, 0.717) is 11.6 Å². The number of para-hydroxylation sites is 1. The van der Waals surface area contributed by atoms with Crippen LogP contribution in [0, 0.1) is 17.9 Å². The van der Waals surface area contributed by atoms with Crippen LogP contribution < -0.4 is 4.74 Å². The SMILES string of the molecule is CCC(CC)C(=O)C=C(O)C(CC)CC.[Ir].[c-]1ccccc1Oc1nccc2c1ccc1ccccc12. The van der Waals surface area contributed by atoms with Crippen molar-refractivity contribution >= 4 is 27.3 Å². The van der Waals surface area contributed by atoms with Crippen LogP contribution >= 0.6 is 0 Å². The van der Waals surface area contributed by atoms with Crippen LogP contribution in [0.4, 0.5) is 0 Å². The van der Waals surface area contributed by atoms with Gasteiger partial charge >= 0.3 is 0 Å². The van der Waals surface area contributed by atoms with E-state index in [2.05, 4.69) is 35.3 Å². The number of carbonyl (C=O) groups is 1. The van der Waals surface area contributed by atoms with Gasteiger partial charge in [0, 0.05) is 55.3 Å². The zero-order valence-electron chi connectivity index (χ0n) is 22.0. The average Bonchev–Trinajstić information content (AvgIpc) is 2.91. The van der Waals surface area contributed by atoms with Crippen molar-refractivity contribution in [2.45, 2.75) is 53.4 Å². The third-order valence-corrected chi connectivity index (χ3v) is 6.60. The first kappa shape index (κ1) is 30.2. The first-order chi connectivity index (χ1) is 17.5. The Labute approximate surface area is 234 Å². The van der Waals surface area contributed by atoms with Crippen LogP contribution in [0.2, 0.25) is 0 Å². The third kappa shape index (κ3) is 7.98. The molecular formula is C32H36IrNO3-. The van der Waals surface area contributed by atoms with Crippen LogP contribution in [-0.2, 0) is 24.9 Å². The van der Waals surface area contributed by atoms with Gasteiger partial charge in [-0.1, -0.05) is 58.0 Å². The van der Waals surface area contributed by atoms with E-state index in [9.17, 15) is 9.90 Å². The van der Waals surface area contributed by atoms with Gasteiger partial charge in [0.05, 0.1) is 5.76 Å². The molecule has 5 heteroatoms. The van der Waals surface area contributed by atoms with Crippen molar-refractivity contribution in [1.82, 2.24) is 4.98 Å². The van der Waals surface area contributed by atoms with E-state index in [1.807, 2.05) is 70.2 Å². The molecule has 4 aromatic rings. The molecule has 37 heavy (non-hydrogen) atoms. The largest absolute Gasteiger partial charge is 0.512 e. The van der Waals surface area contributed by atoms with Crippen molar-refractivity contribution < 1.29 is 34.7 Å². The second kappa shape index (κ2) is 15.3. The Morgan fingerprint density at radius 1 is 0.865 bits per heavy atom. The van der Waals surface area contributed by atoms with E-state index >= 15 is 0 Å². The number of hydrogen-bond acceptors (Lipinski definition) is 4. The van der Waals surface area contributed by atoms with Gasteiger partial charge in [0.25, 0.3) is 0 Å². The molecule has 1 N–H and O–H groups in total. The van der Waals surface area contributed by atoms with Gasteiger partial charge in [0.1, 0.15) is 0 Å². The van der Waals surface area contributed by atoms with Crippen molar-refractivity contribution in [3.63, 3.8) is 0 Å². The van der Waals surface area contributed by atoms with Crippen LogP contribution in [0.25, 0.3) is 21.5 Å². The van der Waals surface area contributed by atoms with Gasteiger partial charge in [-0.05, 0) is 54.0 Å². The van der Waals surface area contributed by atoms with Crippen LogP contribution in [0.1, 0.15) is 53.4 Å². The van der Waals surface area contributed by atoms with Crippen molar-refractivity contribution in [3.05, 3.63) is 90.8 Å². The number of pyridine rings is 1. The maximum atomic E-state index is 11.7. The number of hydrogen-bond donors (Lipinski definition) is 1. The minimum absolute atomic E-state index is 0. The van der Waals surface area contributed by atoms with E-state index < -0.39 is 0 Å². The smallest absolute Gasteiger partial charge is 0.224 e. The Hall–Kier alpha value is -3.01. The summed E-state index contributed by atoms with van der Waals surface area (Å²) < 4.78 is 5.87. The zero-order valence-corrected chi connectivity index (χ0v) is 24.4. The Bertz CT molecular complexity index is 1300. The van der Waals surface area contributed by atoms with E-state index in [1.54, 1.807) is 6.20 Å². The summed E-state index contributed by atoms with van der Waals surface area (Å²) in [6.07, 6.45) is 6.69. The van der Waals surface area contributed by atoms with E-state index in [-0.39, 0.29) is 43.5 Å². The molecule has 0 amide bonds. The molecule has 1 heterocycles. The number of allylic oxidation sites excluding steroid dienone is 2.